The number of hydrogen-bond acceptors (Lipinski definition) is 3. The zero-order valence-corrected chi connectivity index (χ0v) is 18.9. The molecule has 0 aliphatic carbocycles. The molecule has 0 radical (unpaired) electrons. The predicted octanol–water partition coefficient (Wildman–Crippen LogP) is 7.39. The third-order valence-corrected chi connectivity index (χ3v) is 5.78. The van der Waals surface area contributed by atoms with E-state index >= 15 is 0 Å². The first-order chi connectivity index (χ1) is 14.5. The van der Waals surface area contributed by atoms with Crippen LogP contribution in [0.4, 0.5) is 0 Å². The van der Waals surface area contributed by atoms with Crippen LogP contribution in [0, 0.1) is 17.2 Å². The van der Waals surface area contributed by atoms with Crippen molar-refractivity contribution in [1.82, 2.24) is 0 Å². The van der Waals surface area contributed by atoms with Crippen molar-refractivity contribution < 1.29 is 9.53 Å². The monoisotopic (exact) mass is 405 g/mol. The lowest BCUT2D eigenvalue weighted by Gasteiger charge is -2.18. The molecule has 0 aliphatic heterocycles. The van der Waals surface area contributed by atoms with Crippen LogP contribution in [0.3, 0.4) is 0 Å². The van der Waals surface area contributed by atoms with Crippen LogP contribution < -0.4 is 0 Å². The summed E-state index contributed by atoms with van der Waals surface area (Å²) in [7, 11) is 0. The lowest BCUT2D eigenvalue weighted by molar-refractivity contribution is -0.153. The average molecular weight is 406 g/mol. The number of nitrogens with zero attached hydrogens (tertiary/aromatic N) is 1. The first-order valence-corrected chi connectivity index (χ1v) is 11.3. The Morgan fingerprint density at radius 1 is 0.967 bits per heavy atom. The van der Waals surface area contributed by atoms with Gasteiger partial charge in [0.1, 0.15) is 6.10 Å². The van der Waals surface area contributed by atoms with Gasteiger partial charge in [0, 0.05) is 5.56 Å². The van der Waals surface area contributed by atoms with Crippen molar-refractivity contribution in [1.29, 1.82) is 5.26 Å². The third kappa shape index (κ3) is 6.73. The molecule has 160 valence electrons. The number of esters is 1. The van der Waals surface area contributed by atoms with Gasteiger partial charge in [-0.1, -0.05) is 82.9 Å². The second-order valence-electron chi connectivity index (χ2n) is 8.16. The maximum Gasteiger partial charge on any atom is 0.309 e. The largest absolute Gasteiger partial charge is 0.458 e. The highest BCUT2D eigenvalue weighted by atomic mass is 16.5. The molecular weight excluding hydrogens is 370 g/mol. The highest BCUT2D eigenvalue weighted by Gasteiger charge is 2.19. The number of aryl methyl sites for hydroxylation is 1. The summed E-state index contributed by atoms with van der Waals surface area (Å²) < 4.78 is 5.56. The highest BCUT2D eigenvalue weighted by Crippen LogP contribution is 2.28. The Hall–Kier alpha value is -2.60. The smallest absolute Gasteiger partial charge is 0.309 e. The van der Waals surface area contributed by atoms with Crippen molar-refractivity contribution in [3.8, 4) is 17.2 Å². The second-order valence-corrected chi connectivity index (χ2v) is 8.16. The van der Waals surface area contributed by atoms with Crippen LogP contribution in [0.25, 0.3) is 11.1 Å². The summed E-state index contributed by atoms with van der Waals surface area (Å²) in [4.78, 5) is 12.1. The molecule has 2 aromatic carbocycles. The van der Waals surface area contributed by atoms with Gasteiger partial charge >= 0.3 is 5.97 Å². The van der Waals surface area contributed by atoms with Crippen LogP contribution in [0.15, 0.2) is 42.5 Å². The molecule has 0 heterocycles. The summed E-state index contributed by atoms with van der Waals surface area (Å²) >= 11 is 0. The number of nitriles is 1. The van der Waals surface area contributed by atoms with Crippen LogP contribution in [0.2, 0.25) is 0 Å². The SMILES string of the molecule is CCCCCCCc1ccc(-c2ccc(C(C)OC(=O)C(C)CC)c(C#N)c2)cc1. The highest BCUT2D eigenvalue weighted by molar-refractivity contribution is 5.72. The molecule has 0 N–H and O–H groups in total. The van der Waals surface area contributed by atoms with Gasteiger partial charge in [-0.15, -0.1) is 0 Å². The summed E-state index contributed by atoms with van der Waals surface area (Å²) in [5.41, 5.74) is 4.76. The van der Waals surface area contributed by atoms with E-state index < -0.39 is 6.10 Å². The van der Waals surface area contributed by atoms with E-state index in [0.29, 0.717) is 5.56 Å². The second kappa shape index (κ2) is 12.2. The Bertz CT molecular complexity index is 848. The Kier molecular flexibility index (Phi) is 9.61. The summed E-state index contributed by atoms with van der Waals surface area (Å²) in [5, 5.41) is 9.64. The summed E-state index contributed by atoms with van der Waals surface area (Å²) in [6.45, 7) is 7.89. The zero-order chi connectivity index (χ0) is 21.9. The lowest BCUT2D eigenvalue weighted by atomic mass is 9.96. The van der Waals surface area contributed by atoms with E-state index in [1.807, 2.05) is 39.0 Å². The molecule has 3 heteroatoms. The van der Waals surface area contributed by atoms with Gasteiger partial charge in [-0.25, -0.2) is 0 Å². The molecular formula is C27H35NO2. The van der Waals surface area contributed by atoms with E-state index in [9.17, 15) is 10.1 Å². The Labute approximate surface area is 182 Å². The molecule has 2 atom stereocenters. The number of benzene rings is 2. The fourth-order valence-electron chi connectivity index (χ4n) is 3.50. The fourth-order valence-corrected chi connectivity index (χ4v) is 3.50. The number of hydrogen-bond donors (Lipinski definition) is 0. The maximum absolute atomic E-state index is 12.1. The molecule has 0 spiro atoms. The zero-order valence-electron chi connectivity index (χ0n) is 18.9. The minimum atomic E-state index is -0.440. The first kappa shape index (κ1) is 23.7. The van der Waals surface area contributed by atoms with Gasteiger partial charge in [-0.05, 0) is 48.9 Å². The van der Waals surface area contributed by atoms with Crippen molar-refractivity contribution in [3.63, 3.8) is 0 Å². The molecule has 0 aliphatic rings. The predicted molar refractivity (Wildman–Crippen MR) is 123 cm³/mol. The van der Waals surface area contributed by atoms with Gasteiger partial charge in [0.05, 0.1) is 17.6 Å². The van der Waals surface area contributed by atoms with Crippen molar-refractivity contribution in [2.24, 2.45) is 5.92 Å². The Morgan fingerprint density at radius 2 is 1.63 bits per heavy atom. The maximum atomic E-state index is 12.1. The Morgan fingerprint density at radius 3 is 2.27 bits per heavy atom. The van der Waals surface area contributed by atoms with Crippen molar-refractivity contribution in [2.45, 2.75) is 78.7 Å². The van der Waals surface area contributed by atoms with Gasteiger partial charge in [-0.2, -0.15) is 5.26 Å². The van der Waals surface area contributed by atoms with E-state index in [1.165, 1.54) is 37.7 Å². The molecule has 30 heavy (non-hydrogen) atoms. The summed E-state index contributed by atoms with van der Waals surface area (Å²) in [5.74, 6) is -0.356. The van der Waals surface area contributed by atoms with Crippen molar-refractivity contribution >= 4 is 5.97 Å². The first-order valence-electron chi connectivity index (χ1n) is 11.3. The summed E-state index contributed by atoms with van der Waals surface area (Å²) in [6, 6.07) is 16.7. The standard InChI is InChI=1S/C27H35NO2/c1-5-7-8-9-10-11-22-12-14-23(15-13-22)24-16-17-26(25(18-24)19-28)21(4)30-27(29)20(3)6-2/h12-18,20-21H,5-11H2,1-4H3. The van der Waals surface area contributed by atoms with E-state index in [-0.39, 0.29) is 11.9 Å². The number of carbonyl (C=O) groups is 1. The minimum Gasteiger partial charge on any atom is -0.458 e. The van der Waals surface area contributed by atoms with Crippen LogP contribution >= 0.6 is 0 Å². The number of unbranched alkanes of at least 4 members (excludes halogenated alkanes) is 4. The molecule has 2 aromatic rings. The van der Waals surface area contributed by atoms with E-state index in [4.69, 9.17) is 4.74 Å². The normalized spacial score (nSPS) is 12.8. The number of ether oxygens (including phenoxy) is 1. The van der Waals surface area contributed by atoms with E-state index in [2.05, 4.69) is 37.3 Å². The molecule has 0 saturated heterocycles. The van der Waals surface area contributed by atoms with Crippen LogP contribution in [-0.4, -0.2) is 5.97 Å². The van der Waals surface area contributed by atoms with E-state index in [1.54, 1.807) is 0 Å². The molecule has 0 saturated carbocycles. The number of carbonyl (C=O) groups excluding carboxylic acids is 1. The van der Waals surface area contributed by atoms with Gasteiger partial charge in [0.25, 0.3) is 0 Å². The van der Waals surface area contributed by atoms with Crippen LogP contribution in [-0.2, 0) is 16.0 Å². The Balaban J connectivity index is 2.07. The van der Waals surface area contributed by atoms with Crippen molar-refractivity contribution in [3.05, 3.63) is 59.2 Å². The van der Waals surface area contributed by atoms with Crippen LogP contribution in [0.5, 0.6) is 0 Å². The lowest BCUT2D eigenvalue weighted by Crippen LogP contribution is -2.16. The van der Waals surface area contributed by atoms with Gasteiger partial charge < -0.3 is 4.74 Å². The molecule has 0 fully saturated rings. The topological polar surface area (TPSA) is 50.1 Å². The van der Waals surface area contributed by atoms with Gasteiger partial charge in [-0.3, -0.25) is 4.79 Å². The molecule has 2 rings (SSSR count). The molecule has 2 unspecified atom stereocenters. The summed E-state index contributed by atoms with van der Waals surface area (Å²) in [6.07, 6.45) is 7.87. The number of rotatable bonds is 11. The van der Waals surface area contributed by atoms with Gasteiger partial charge in [0.2, 0.25) is 0 Å². The average Bonchev–Trinajstić information content (AvgIpc) is 2.78. The molecule has 0 amide bonds. The van der Waals surface area contributed by atoms with E-state index in [0.717, 1.165) is 29.5 Å². The molecule has 3 nitrogen and oxygen atoms in total. The quantitative estimate of drug-likeness (QED) is 0.289. The van der Waals surface area contributed by atoms with Gasteiger partial charge in [0.15, 0.2) is 0 Å². The fraction of sp³-hybridized carbons (Fsp3) is 0.481. The van der Waals surface area contributed by atoms with Crippen molar-refractivity contribution in [2.75, 3.05) is 0 Å². The minimum absolute atomic E-state index is 0.137. The molecule has 0 bridgehead atoms. The van der Waals surface area contributed by atoms with Crippen LogP contribution in [0.1, 0.15) is 89.0 Å². The molecule has 0 aromatic heterocycles. The third-order valence-electron chi connectivity index (χ3n) is 5.78.